The maximum atomic E-state index is 12.0. The van der Waals surface area contributed by atoms with E-state index in [1.807, 2.05) is 31.2 Å². The Morgan fingerprint density at radius 1 is 1.17 bits per heavy atom. The van der Waals surface area contributed by atoms with E-state index < -0.39 is 0 Å². The van der Waals surface area contributed by atoms with Crippen LogP contribution in [0.5, 0.6) is 11.5 Å². The lowest BCUT2D eigenvalue weighted by molar-refractivity contribution is -0.123. The highest BCUT2D eigenvalue weighted by Gasteiger charge is 2.11. The fraction of sp³-hybridized carbons (Fsp3) is 0.235. The Morgan fingerprint density at radius 3 is 2.48 bits per heavy atom. The second-order valence-electron chi connectivity index (χ2n) is 4.93. The number of benzene rings is 2. The molecule has 1 amide bonds. The molecule has 6 heteroatoms. The van der Waals surface area contributed by atoms with Crippen LogP contribution in [0.1, 0.15) is 18.5 Å². The van der Waals surface area contributed by atoms with Crippen molar-refractivity contribution >= 4 is 29.1 Å². The van der Waals surface area contributed by atoms with Gasteiger partial charge in [-0.05, 0) is 42.8 Å². The van der Waals surface area contributed by atoms with E-state index in [-0.39, 0.29) is 18.6 Å². The lowest BCUT2D eigenvalue weighted by Gasteiger charge is -2.15. The molecule has 0 aliphatic carbocycles. The van der Waals surface area contributed by atoms with Gasteiger partial charge in [-0.1, -0.05) is 35.3 Å². The van der Waals surface area contributed by atoms with Crippen LogP contribution in [0.15, 0.2) is 42.5 Å². The Kier molecular flexibility index (Phi) is 6.13. The van der Waals surface area contributed by atoms with Gasteiger partial charge in [0.05, 0.1) is 18.2 Å². The molecule has 0 aromatic heterocycles. The van der Waals surface area contributed by atoms with Gasteiger partial charge in [0.2, 0.25) is 0 Å². The molecule has 4 nitrogen and oxygen atoms in total. The van der Waals surface area contributed by atoms with E-state index in [1.165, 1.54) is 0 Å². The lowest BCUT2D eigenvalue weighted by atomic mass is 10.1. The van der Waals surface area contributed by atoms with Crippen LogP contribution in [0.3, 0.4) is 0 Å². The zero-order valence-corrected chi connectivity index (χ0v) is 14.3. The number of nitrogens with one attached hydrogen (secondary N) is 1. The molecule has 0 aliphatic heterocycles. The molecule has 0 spiro atoms. The van der Waals surface area contributed by atoms with Crippen LogP contribution in [0.25, 0.3) is 0 Å². The van der Waals surface area contributed by atoms with Crippen molar-refractivity contribution < 1.29 is 14.3 Å². The molecular weight excluding hydrogens is 337 g/mol. The number of hydrogen-bond acceptors (Lipinski definition) is 3. The summed E-state index contributed by atoms with van der Waals surface area (Å²) in [5.41, 5.74) is 0.976. The summed E-state index contributed by atoms with van der Waals surface area (Å²) in [5.74, 6) is 0.954. The molecule has 0 unspecified atom stereocenters. The highest BCUT2D eigenvalue weighted by atomic mass is 35.5. The van der Waals surface area contributed by atoms with Crippen LogP contribution in [-0.4, -0.2) is 19.6 Å². The normalized spacial score (nSPS) is 11.7. The molecule has 2 aromatic rings. The van der Waals surface area contributed by atoms with E-state index in [1.54, 1.807) is 25.3 Å². The van der Waals surface area contributed by atoms with E-state index >= 15 is 0 Å². The van der Waals surface area contributed by atoms with Gasteiger partial charge in [-0.3, -0.25) is 4.79 Å². The largest absolute Gasteiger partial charge is 0.497 e. The fourth-order valence-electron chi connectivity index (χ4n) is 1.99. The molecule has 0 saturated carbocycles. The predicted octanol–water partition coefficient (Wildman–Crippen LogP) is 4.26. The first-order valence-electron chi connectivity index (χ1n) is 7.00. The molecule has 2 rings (SSSR count). The Balaban J connectivity index is 1.88. The van der Waals surface area contributed by atoms with E-state index in [0.29, 0.717) is 15.8 Å². The maximum Gasteiger partial charge on any atom is 0.258 e. The predicted molar refractivity (Wildman–Crippen MR) is 91.5 cm³/mol. The van der Waals surface area contributed by atoms with Crippen LogP contribution in [0, 0.1) is 0 Å². The van der Waals surface area contributed by atoms with Crippen molar-refractivity contribution in [3.05, 3.63) is 58.1 Å². The standard InChI is InChI=1S/C17H17Cl2NO3/c1-11(12-3-6-14(22-2)7-4-12)20-17(21)10-23-16-8-5-13(18)9-15(16)19/h3-9,11H,10H2,1-2H3,(H,20,21)/t11-/m1/s1. The van der Waals surface area contributed by atoms with Crippen molar-refractivity contribution in [2.24, 2.45) is 0 Å². The van der Waals surface area contributed by atoms with Crippen molar-refractivity contribution in [3.63, 3.8) is 0 Å². The molecule has 1 atom stereocenters. The second kappa shape index (κ2) is 8.09. The van der Waals surface area contributed by atoms with Crippen LogP contribution in [0.2, 0.25) is 10.0 Å². The zero-order chi connectivity index (χ0) is 16.8. The van der Waals surface area contributed by atoms with Gasteiger partial charge in [0, 0.05) is 5.02 Å². The number of methoxy groups -OCH3 is 1. The van der Waals surface area contributed by atoms with Gasteiger partial charge in [0.15, 0.2) is 6.61 Å². The molecule has 0 radical (unpaired) electrons. The molecule has 2 aromatic carbocycles. The summed E-state index contributed by atoms with van der Waals surface area (Å²) in [7, 11) is 1.61. The number of halogens is 2. The topological polar surface area (TPSA) is 47.6 Å². The van der Waals surface area contributed by atoms with Gasteiger partial charge in [0.1, 0.15) is 11.5 Å². The summed E-state index contributed by atoms with van der Waals surface area (Å²) < 4.78 is 10.5. The highest BCUT2D eigenvalue weighted by molar-refractivity contribution is 6.35. The number of ether oxygens (including phenoxy) is 2. The molecule has 0 aliphatic rings. The molecule has 122 valence electrons. The molecule has 0 saturated heterocycles. The number of amides is 1. The third-order valence-corrected chi connectivity index (χ3v) is 3.78. The van der Waals surface area contributed by atoms with Crippen LogP contribution in [0.4, 0.5) is 0 Å². The van der Waals surface area contributed by atoms with Gasteiger partial charge >= 0.3 is 0 Å². The van der Waals surface area contributed by atoms with Gasteiger partial charge < -0.3 is 14.8 Å². The first kappa shape index (κ1) is 17.4. The monoisotopic (exact) mass is 353 g/mol. The molecule has 23 heavy (non-hydrogen) atoms. The van der Waals surface area contributed by atoms with Crippen molar-refractivity contribution in [1.82, 2.24) is 5.32 Å². The summed E-state index contributed by atoms with van der Waals surface area (Å²) in [6.45, 7) is 1.77. The van der Waals surface area contributed by atoms with E-state index in [4.69, 9.17) is 32.7 Å². The van der Waals surface area contributed by atoms with Crippen LogP contribution in [-0.2, 0) is 4.79 Å². The average molecular weight is 354 g/mol. The zero-order valence-electron chi connectivity index (χ0n) is 12.8. The van der Waals surface area contributed by atoms with E-state index in [2.05, 4.69) is 5.32 Å². The van der Waals surface area contributed by atoms with Crippen LogP contribution >= 0.6 is 23.2 Å². The lowest BCUT2D eigenvalue weighted by Crippen LogP contribution is -2.31. The Bertz CT molecular complexity index is 674. The van der Waals surface area contributed by atoms with Gasteiger partial charge in [-0.2, -0.15) is 0 Å². The molecule has 1 N–H and O–H groups in total. The summed E-state index contributed by atoms with van der Waals surface area (Å²) in [6, 6.07) is 12.2. The molecule has 0 fully saturated rings. The smallest absolute Gasteiger partial charge is 0.258 e. The minimum Gasteiger partial charge on any atom is -0.497 e. The number of carbonyl (C=O) groups is 1. The number of hydrogen-bond donors (Lipinski definition) is 1. The summed E-state index contributed by atoms with van der Waals surface area (Å²) in [4.78, 5) is 12.0. The van der Waals surface area contributed by atoms with Crippen molar-refractivity contribution in [2.45, 2.75) is 13.0 Å². The van der Waals surface area contributed by atoms with Gasteiger partial charge in [-0.25, -0.2) is 0 Å². The molecular formula is C17H17Cl2NO3. The van der Waals surface area contributed by atoms with Gasteiger partial charge in [0.25, 0.3) is 5.91 Å². The minimum absolute atomic E-state index is 0.123. The van der Waals surface area contributed by atoms with Crippen molar-refractivity contribution in [3.8, 4) is 11.5 Å². The fourth-order valence-corrected chi connectivity index (χ4v) is 2.46. The highest BCUT2D eigenvalue weighted by Crippen LogP contribution is 2.27. The first-order valence-corrected chi connectivity index (χ1v) is 7.76. The van der Waals surface area contributed by atoms with Crippen molar-refractivity contribution in [1.29, 1.82) is 0 Å². The summed E-state index contributed by atoms with van der Waals surface area (Å²) in [5, 5.41) is 3.74. The average Bonchev–Trinajstić information content (AvgIpc) is 2.54. The van der Waals surface area contributed by atoms with Gasteiger partial charge in [-0.15, -0.1) is 0 Å². The first-order chi connectivity index (χ1) is 11.0. The maximum absolute atomic E-state index is 12.0. The quantitative estimate of drug-likeness (QED) is 0.843. The molecule has 0 bridgehead atoms. The Labute approximate surface area is 145 Å². The van der Waals surface area contributed by atoms with E-state index in [0.717, 1.165) is 11.3 Å². The summed E-state index contributed by atoms with van der Waals surface area (Å²) in [6.07, 6.45) is 0. The number of carbonyl (C=O) groups excluding carboxylic acids is 1. The minimum atomic E-state index is -0.237. The Morgan fingerprint density at radius 2 is 1.87 bits per heavy atom. The summed E-state index contributed by atoms with van der Waals surface area (Å²) >= 11 is 11.8. The third-order valence-electron chi connectivity index (χ3n) is 3.25. The number of rotatable bonds is 6. The van der Waals surface area contributed by atoms with Crippen LogP contribution < -0.4 is 14.8 Å². The van der Waals surface area contributed by atoms with E-state index in [9.17, 15) is 4.79 Å². The second-order valence-corrected chi connectivity index (χ2v) is 5.77. The SMILES string of the molecule is COc1ccc([C@@H](C)NC(=O)COc2ccc(Cl)cc2Cl)cc1. The third kappa shape index (κ3) is 5.05. The Hall–Kier alpha value is -1.91. The van der Waals surface area contributed by atoms with Crippen molar-refractivity contribution in [2.75, 3.05) is 13.7 Å². The molecule has 0 heterocycles.